The molecule has 0 saturated heterocycles. The molecule has 1 atom stereocenters. The lowest BCUT2D eigenvalue weighted by Gasteiger charge is -2.24. The molecule has 1 N–H and O–H groups in total. The number of hydrogen-bond acceptors (Lipinski definition) is 7. The van der Waals surface area contributed by atoms with Gasteiger partial charge in [0.25, 0.3) is 0 Å². The van der Waals surface area contributed by atoms with Gasteiger partial charge in [0, 0.05) is 38.3 Å². The highest BCUT2D eigenvalue weighted by atomic mass is 32.2. The number of hydrogen-bond donors (Lipinski definition) is 1. The first-order valence-corrected chi connectivity index (χ1v) is 12.6. The first-order chi connectivity index (χ1) is 16.6. The molecule has 0 aliphatic carbocycles. The Morgan fingerprint density at radius 3 is 2.54 bits per heavy atom. The lowest BCUT2D eigenvalue weighted by molar-refractivity contribution is -0.123. The number of fused-ring (bicyclic) bond motifs is 1. The molecule has 0 unspecified atom stereocenters. The Balaban J connectivity index is 2.07. The molecular weight excluding hydrogens is 468 g/mol. The van der Waals surface area contributed by atoms with Crippen molar-refractivity contribution in [2.24, 2.45) is 7.05 Å². The fourth-order valence-electron chi connectivity index (χ4n) is 4.17. The number of anilines is 1. The quantitative estimate of drug-likeness (QED) is 0.525. The van der Waals surface area contributed by atoms with E-state index in [1.54, 1.807) is 30.9 Å². The van der Waals surface area contributed by atoms with Gasteiger partial charge in [0.15, 0.2) is 11.5 Å². The lowest BCUT2D eigenvalue weighted by atomic mass is 9.87. The van der Waals surface area contributed by atoms with Gasteiger partial charge in [-0.1, -0.05) is 26.8 Å². The SMILES string of the molecule is COCCCNC(=O)CN1C(=O)CS[C@H](c2ccc(OC)c(OC)c2)c2c(C(C)(C)C)nn(C)c21. The summed E-state index contributed by atoms with van der Waals surface area (Å²) in [5, 5.41) is 7.55. The second-order valence-corrected chi connectivity index (χ2v) is 10.5. The number of carbonyl (C=O) groups excluding carboxylic acids is 2. The smallest absolute Gasteiger partial charge is 0.240 e. The summed E-state index contributed by atoms with van der Waals surface area (Å²) in [4.78, 5) is 27.6. The van der Waals surface area contributed by atoms with Crippen molar-refractivity contribution in [3.63, 3.8) is 0 Å². The number of nitrogens with one attached hydrogen (secondary N) is 1. The Bertz CT molecular complexity index is 1060. The minimum atomic E-state index is -0.276. The number of ether oxygens (including phenoxy) is 3. The molecule has 35 heavy (non-hydrogen) atoms. The summed E-state index contributed by atoms with van der Waals surface area (Å²) < 4.78 is 17.7. The highest BCUT2D eigenvalue weighted by Crippen LogP contribution is 2.48. The van der Waals surface area contributed by atoms with Crippen molar-refractivity contribution < 1.29 is 23.8 Å². The van der Waals surface area contributed by atoms with Gasteiger partial charge in [-0.15, -0.1) is 11.8 Å². The van der Waals surface area contributed by atoms with Gasteiger partial charge in [-0.2, -0.15) is 5.10 Å². The van der Waals surface area contributed by atoms with Crippen molar-refractivity contribution in [2.75, 3.05) is 51.7 Å². The van der Waals surface area contributed by atoms with Crippen LogP contribution in [-0.2, 0) is 26.8 Å². The van der Waals surface area contributed by atoms with E-state index in [9.17, 15) is 9.59 Å². The summed E-state index contributed by atoms with van der Waals surface area (Å²) in [5.74, 6) is 1.80. The third-order valence-electron chi connectivity index (χ3n) is 5.81. The van der Waals surface area contributed by atoms with Crippen LogP contribution < -0.4 is 19.7 Å². The van der Waals surface area contributed by atoms with E-state index in [-0.39, 0.29) is 34.8 Å². The fraction of sp³-hybridized carbons (Fsp3) is 0.560. The molecule has 1 aromatic heterocycles. The topological polar surface area (TPSA) is 94.9 Å². The number of nitrogens with zero attached hydrogens (tertiary/aromatic N) is 3. The van der Waals surface area contributed by atoms with Crippen LogP contribution in [0.25, 0.3) is 0 Å². The first kappa shape index (κ1) is 26.9. The number of amides is 2. The van der Waals surface area contributed by atoms with Gasteiger partial charge in [0.05, 0.1) is 30.9 Å². The molecule has 0 bridgehead atoms. The van der Waals surface area contributed by atoms with E-state index >= 15 is 0 Å². The Kier molecular flexibility index (Phi) is 8.71. The summed E-state index contributed by atoms with van der Waals surface area (Å²) in [6.45, 7) is 7.29. The van der Waals surface area contributed by atoms with Crippen molar-refractivity contribution >= 4 is 29.4 Å². The summed E-state index contributed by atoms with van der Waals surface area (Å²) in [7, 11) is 6.66. The van der Waals surface area contributed by atoms with Crippen LogP contribution in [0.4, 0.5) is 5.82 Å². The van der Waals surface area contributed by atoms with Crippen molar-refractivity contribution in [1.29, 1.82) is 0 Å². The number of methoxy groups -OCH3 is 3. The number of aryl methyl sites for hydroxylation is 1. The highest BCUT2D eigenvalue weighted by molar-refractivity contribution is 8.00. The van der Waals surface area contributed by atoms with Gasteiger partial charge in [-0.3, -0.25) is 19.2 Å². The van der Waals surface area contributed by atoms with Crippen molar-refractivity contribution in [2.45, 2.75) is 37.9 Å². The normalized spacial score (nSPS) is 16.0. The van der Waals surface area contributed by atoms with Crippen LogP contribution in [0.5, 0.6) is 11.5 Å². The molecule has 0 fully saturated rings. The van der Waals surface area contributed by atoms with Crippen molar-refractivity contribution in [1.82, 2.24) is 15.1 Å². The predicted octanol–water partition coefficient (Wildman–Crippen LogP) is 3.06. The fourth-order valence-corrected chi connectivity index (χ4v) is 5.35. The maximum atomic E-state index is 13.3. The first-order valence-electron chi connectivity index (χ1n) is 11.6. The molecule has 0 saturated carbocycles. The third kappa shape index (κ3) is 5.92. The molecule has 192 valence electrons. The van der Waals surface area contributed by atoms with E-state index < -0.39 is 0 Å². The standard InChI is InChI=1S/C25H36N4O5S/c1-25(2,3)23-21-22(16-9-10-17(33-6)18(13-16)34-7)35-15-20(31)29(24(21)28(4)27-23)14-19(30)26-11-8-12-32-5/h9-10,13,22H,8,11-12,14-15H2,1-7H3,(H,26,30)/t22-/m1/s1. The molecule has 0 radical (unpaired) electrons. The summed E-state index contributed by atoms with van der Waals surface area (Å²) in [5.41, 5.74) is 2.53. The van der Waals surface area contributed by atoms with Crippen LogP contribution in [0.1, 0.15) is 49.3 Å². The largest absolute Gasteiger partial charge is 0.493 e. The lowest BCUT2D eigenvalue weighted by Crippen LogP contribution is -2.42. The van der Waals surface area contributed by atoms with Crippen LogP contribution in [0, 0.1) is 0 Å². The molecule has 3 rings (SSSR count). The molecule has 9 nitrogen and oxygen atoms in total. The van der Waals surface area contributed by atoms with Crippen LogP contribution in [0.2, 0.25) is 0 Å². The molecule has 0 spiro atoms. The Morgan fingerprint density at radius 1 is 1.20 bits per heavy atom. The molecule has 1 aromatic carbocycles. The van der Waals surface area contributed by atoms with Crippen LogP contribution >= 0.6 is 11.8 Å². The minimum Gasteiger partial charge on any atom is -0.493 e. The Hall–Kier alpha value is -2.72. The van der Waals surface area contributed by atoms with Crippen LogP contribution in [0.15, 0.2) is 18.2 Å². The third-order valence-corrected chi connectivity index (χ3v) is 7.07. The zero-order valence-corrected chi connectivity index (χ0v) is 22.5. The molecular formula is C25H36N4O5S. The van der Waals surface area contributed by atoms with Gasteiger partial charge < -0.3 is 19.5 Å². The van der Waals surface area contributed by atoms with Gasteiger partial charge in [-0.05, 0) is 24.1 Å². The number of thioether (sulfide) groups is 1. The Labute approximate surface area is 211 Å². The number of aromatic nitrogens is 2. The molecule has 2 heterocycles. The summed E-state index contributed by atoms with van der Waals surface area (Å²) >= 11 is 1.53. The number of carbonyl (C=O) groups is 2. The van der Waals surface area contributed by atoms with Gasteiger partial charge >= 0.3 is 0 Å². The number of rotatable bonds is 9. The van der Waals surface area contributed by atoms with Crippen molar-refractivity contribution in [3.8, 4) is 11.5 Å². The summed E-state index contributed by atoms with van der Waals surface area (Å²) in [6, 6.07) is 5.81. The van der Waals surface area contributed by atoms with Gasteiger partial charge in [0.1, 0.15) is 12.4 Å². The molecule has 1 aliphatic heterocycles. The number of benzene rings is 1. The van der Waals surface area contributed by atoms with Gasteiger partial charge in [-0.25, -0.2) is 0 Å². The van der Waals surface area contributed by atoms with Gasteiger partial charge in [0.2, 0.25) is 11.8 Å². The minimum absolute atomic E-state index is 0.0683. The zero-order chi connectivity index (χ0) is 25.8. The molecule has 2 aromatic rings. The monoisotopic (exact) mass is 504 g/mol. The highest BCUT2D eigenvalue weighted by Gasteiger charge is 2.39. The predicted molar refractivity (Wildman–Crippen MR) is 138 cm³/mol. The average Bonchev–Trinajstić information content (AvgIpc) is 3.10. The van der Waals surface area contributed by atoms with E-state index in [0.717, 1.165) is 16.8 Å². The van der Waals surface area contributed by atoms with E-state index in [0.29, 0.717) is 36.9 Å². The van der Waals surface area contributed by atoms with E-state index in [1.165, 1.54) is 11.8 Å². The molecule has 1 aliphatic rings. The van der Waals surface area contributed by atoms with Crippen LogP contribution in [-0.4, -0.2) is 68.4 Å². The second kappa shape index (κ2) is 11.3. The van der Waals surface area contributed by atoms with Crippen molar-refractivity contribution in [3.05, 3.63) is 35.0 Å². The van der Waals surface area contributed by atoms with Crippen LogP contribution in [0.3, 0.4) is 0 Å². The second-order valence-electron chi connectivity index (χ2n) is 9.44. The summed E-state index contributed by atoms with van der Waals surface area (Å²) in [6.07, 6.45) is 0.707. The molecule has 2 amide bonds. The van der Waals surface area contributed by atoms with E-state index in [4.69, 9.17) is 19.3 Å². The van der Waals surface area contributed by atoms with E-state index in [1.807, 2.05) is 25.2 Å². The van der Waals surface area contributed by atoms with E-state index in [2.05, 4.69) is 26.1 Å². The average molecular weight is 505 g/mol. The molecule has 10 heteroatoms. The zero-order valence-electron chi connectivity index (χ0n) is 21.6. The maximum absolute atomic E-state index is 13.3. The Morgan fingerprint density at radius 2 is 1.91 bits per heavy atom. The maximum Gasteiger partial charge on any atom is 0.240 e.